The summed E-state index contributed by atoms with van der Waals surface area (Å²) in [5.74, 6) is 0.451. The van der Waals surface area contributed by atoms with Crippen LogP contribution in [0.3, 0.4) is 0 Å². The first-order chi connectivity index (χ1) is 14.4. The zero-order valence-electron chi connectivity index (χ0n) is 16.7. The van der Waals surface area contributed by atoms with Crippen LogP contribution in [0.1, 0.15) is 18.1 Å². The number of aromatic amines is 1. The van der Waals surface area contributed by atoms with E-state index in [0.717, 1.165) is 17.3 Å². The molecule has 7 nitrogen and oxygen atoms in total. The SMILES string of the molecule is COc1ccc(NC(=O)C(C)Sc2nc(-c3ccc(C)cc3)c(C#N)c(=O)[nH]2)cc1. The van der Waals surface area contributed by atoms with Crippen molar-refractivity contribution in [2.24, 2.45) is 0 Å². The molecule has 8 heteroatoms. The van der Waals surface area contributed by atoms with Crippen LogP contribution in [0.15, 0.2) is 58.5 Å². The van der Waals surface area contributed by atoms with Crippen molar-refractivity contribution >= 4 is 23.4 Å². The first-order valence-electron chi connectivity index (χ1n) is 9.14. The van der Waals surface area contributed by atoms with E-state index in [1.807, 2.05) is 37.3 Å². The van der Waals surface area contributed by atoms with Gasteiger partial charge in [-0.05, 0) is 38.1 Å². The molecular weight excluding hydrogens is 400 g/mol. The van der Waals surface area contributed by atoms with Crippen molar-refractivity contribution in [2.45, 2.75) is 24.3 Å². The molecule has 0 fully saturated rings. The summed E-state index contributed by atoms with van der Waals surface area (Å²) in [5.41, 5.74) is 2.06. The third-order valence-electron chi connectivity index (χ3n) is 4.35. The molecule has 1 aromatic heterocycles. The average Bonchev–Trinajstić information content (AvgIpc) is 2.74. The second kappa shape index (κ2) is 9.29. The van der Waals surface area contributed by atoms with E-state index in [4.69, 9.17) is 4.74 Å². The first kappa shape index (κ1) is 21.1. The van der Waals surface area contributed by atoms with Gasteiger partial charge in [0.2, 0.25) is 5.91 Å². The lowest BCUT2D eigenvalue weighted by atomic mass is 10.1. The maximum Gasteiger partial charge on any atom is 0.270 e. The number of H-pyrrole nitrogens is 1. The molecule has 30 heavy (non-hydrogen) atoms. The Balaban J connectivity index is 1.81. The summed E-state index contributed by atoms with van der Waals surface area (Å²) in [4.78, 5) is 32.0. The number of ether oxygens (including phenoxy) is 1. The van der Waals surface area contributed by atoms with E-state index in [2.05, 4.69) is 15.3 Å². The van der Waals surface area contributed by atoms with E-state index in [0.29, 0.717) is 22.7 Å². The minimum Gasteiger partial charge on any atom is -0.497 e. The van der Waals surface area contributed by atoms with Crippen molar-refractivity contribution in [1.29, 1.82) is 5.26 Å². The second-order valence-corrected chi connectivity index (χ2v) is 7.88. The smallest absolute Gasteiger partial charge is 0.270 e. The van der Waals surface area contributed by atoms with Gasteiger partial charge >= 0.3 is 0 Å². The number of nitrogens with zero attached hydrogens (tertiary/aromatic N) is 2. The molecule has 0 radical (unpaired) electrons. The fourth-order valence-corrected chi connectivity index (χ4v) is 3.47. The summed E-state index contributed by atoms with van der Waals surface area (Å²) in [5, 5.41) is 11.9. The van der Waals surface area contributed by atoms with Crippen LogP contribution in [-0.2, 0) is 4.79 Å². The monoisotopic (exact) mass is 420 g/mol. The Kier molecular flexibility index (Phi) is 6.54. The number of hydrogen-bond donors (Lipinski definition) is 2. The number of anilines is 1. The first-order valence-corrected chi connectivity index (χ1v) is 10.0. The molecule has 1 unspecified atom stereocenters. The number of rotatable bonds is 6. The summed E-state index contributed by atoms with van der Waals surface area (Å²) in [6, 6.07) is 16.3. The Morgan fingerprint density at radius 3 is 2.47 bits per heavy atom. The van der Waals surface area contributed by atoms with Crippen molar-refractivity contribution in [3.8, 4) is 23.1 Å². The highest BCUT2D eigenvalue weighted by atomic mass is 32.2. The zero-order valence-corrected chi connectivity index (χ0v) is 17.5. The number of nitrogens with one attached hydrogen (secondary N) is 2. The third kappa shape index (κ3) is 4.88. The van der Waals surface area contributed by atoms with E-state index >= 15 is 0 Å². The maximum absolute atomic E-state index is 12.5. The standard InChI is InChI=1S/C22H20N4O3S/c1-13-4-6-15(7-5-13)19-18(12-23)21(28)26-22(25-19)30-14(2)20(27)24-16-8-10-17(29-3)11-9-16/h4-11,14H,1-3H3,(H,24,27)(H,25,26,28). The summed E-state index contributed by atoms with van der Waals surface area (Å²) in [6.45, 7) is 3.66. The predicted octanol–water partition coefficient (Wildman–Crippen LogP) is 3.74. The Morgan fingerprint density at radius 1 is 1.20 bits per heavy atom. The molecule has 0 bridgehead atoms. The number of thioether (sulfide) groups is 1. The third-order valence-corrected chi connectivity index (χ3v) is 5.33. The van der Waals surface area contributed by atoms with Crippen LogP contribution < -0.4 is 15.6 Å². The van der Waals surface area contributed by atoms with Gasteiger partial charge in [-0.2, -0.15) is 5.26 Å². The lowest BCUT2D eigenvalue weighted by Crippen LogP contribution is -2.23. The minimum absolute atomic E-state index is 0.0569. The molecule has 2 aromatic carbocycles. The summed E-state index contributed by atoms with van der Waals surface area (Å²) in [7, 11) is 1.57. The number of carbonyl (C=O) groups excluding carboxylic acids is 1. The van der Waals surface area contributed by atoms with E-state index < -0.39 is 10.8 Å². The predicted molar refractivity (Wildman–Crippen MR) is 117 cm³/mol. The van der Waals surface area contributed by atoms with Gasteiger partial charge in [0, 0.05) is 11.3 Å². The number of amides is 1. The Hall–Kier alpha value is -3.57. The van der Waals surface area contributed by atoms with Gasteiger partial charge in [-0.1, -0.05) is 41.6 Å². The highest BCUT2D eigenvalue weighted by Gasteiger charge is 2.19. The van der Waals surface area contributed by atoms with Crippen molar-refractivity contribution in [3.05, 3.63) is 70.0 Å². The van der Waals surface area contributed by atoms with Gasteiger partial charge in [0.25, 0.3) is 5.56 Å². The van der Waals surface area contributed by atoms with Crippen LogP contribution in [0.5, 0.6) is 5.75 Å². The van der Waals surface area contributed by atoms with Gasteiger partial charge in [-0.25, -0.2) is 4.98 Å². The number of aromatic nitrogens is 2. The minimum atomic E-state index is -0.534. The van der Waals surface area contributed by atoms with E-state index in [-0.39, 0.29) is 16.6 Å². The number of nitriles is 1. The largest absolute Gasteiger partial charge is 0.497 e. The molecule has 1 heterocycles. The van der Waals surface area contributed by atoms with Gasteiger partial charge in [-0.3, -0.25) is 9.59 Å². The molecule has 1 amide bonds. The molecule has 0 saturated carbocycles. The molecule has 0 saturated heterocycles. The van der Waals surface area contributed by atoms with Crippen molar-refractivity contribution in [1.82, 2.24) is 9.97 Å². The van der Waals surface area contributed by atoms with E-state index in [1.165, 1.54) is 0 Å². The van der Waals surface area contributed by atoms with Crippen LogP contribution in [0, 0.1) is 18.3 Å². The molecule has 0 aliphatic rings. The van der Waals surface area contributed by atoms with E-state index in [9.17, 15) is 14.9 Å². The molecule has 0 aliphatic heterocycles. The Morgan fingerprint density at radius 2 is 1.87 bits per heavy atom. The van der Waals surface area contributed by atoms with Crippen LogP contribution in [0.4, 0.5) is 5.69 Å². The number of aryl methyl sites for hydroxylation is 1. The summed E-state index contributed by atoms with van der Waals surface area (Å²) in [6.07, 6.45) is 0. The summed E-state index contributed by atoms with van der Waals surface area (Å²) < 4.78 is 5.10. The topological polar surface area (TPSA) is 108 Å². The van der Waals surface area contributed by atoms with Gasteiger partial charge in [0.05, 0.1) is 18.1 Å². The molecule has 0 aliphatic carbocycles. The van der Waals surface area contributed by atoms with Crippen molar-refractivity contribution in [2.75, 3.05) is 12.4 Å². The molecule has 2 N–H and O–H groups in total. The number of benzene rings is 2. The Labute approximate surface area is 178 Å². The highest BCUT2D eigenvalue weighted by Crippen LogP contribution is 2.25. The molecule has 0 spiro atoms. The molecule has 3 aromatic rings. The van der Waals surface area contributed by atoms with Gasteiger partial charge in [0.1, 0.15) is 17.4 Å². The van der Waals surface area contributed by atoms with Gasteiger partial charge in [0.15, 0.2) is 5.16 Å². The number of hydrogen-bond acceptors (Lipinski definition) is 6. The molecule has 152 valence electrons. The van der Waals surface area contributed by atoms with Gasteiger partial charge < -0.3 is 15.0 Å². The second-order valence-electron chi connectivity index (χ2n) is 6.55. The maximum atomic E-state index is 12.5. The van der Waals surface area contributed by atoms with Gasteiger partial charge in [-0.15, -0.1) is 0 Å². The highest BCUT2D eigenvalue weighted by molar-refractivity contribution is 8.00. The normalized spacial score (nSPS) is 11.4. The number of methoxy groups -OCH3 is 1. The van der Waals surface area contributed by atoms with Crippen molar-refractivity contribution < 1.29 is 9.53 Å². The quantitative estimate of drug-likeness (QED) is 0.465. The fraction of sp³-hybridized carbons (Fsp3) is 0.182. The zero-order chi connectivity index (χ0) is 21.7. The number of carbonyl (C=O) groups is 1. The lowest BCUT2D eigenvalue weighted by molar-refractivity contribution is -0.115. The molecular formula is C22H20N4O3S. The fourth-order valence-electron chi connectivity index (χ4n) is 2.67. The average molecular weight is 420 g/mol. The van der Waals surface area contributed by atoms with E-state index in [1.54, 1.807) is 38.3 Å². The molecule has 1 atom stereocenters. The van der Waals surface area contributed by atoms with Crippen LogP contribution >= 0.6 is 11.8 Å². The lowest BCUT2D eigenvalue weighted by Gasteiger charge is -2.13. The summed E-state index contributed by atoms with van der Waals surface area (Å²) >= 11 is 1.11. The Bertz CT molecular complexity index is 1150. The van der Waals surface area contributed by atoms with Crippen LogP contribution in [0.2, 0.25) is 0 Å². The van der Waals surface area contributed by atoms with Crippen LogP contribution in [-0.4, -0.2) is 28.2 Å². The van der Waals surface area contributed by atoms with Crippen molar-refractivity contribution in [3.63, 3.8) is 0 Å². The van der Waals surface area contributed by atoms with Crippen LogP contribution in [0.25, 0.3) is 11.3 Å². The molecule has 3 rings (SSSR count).